The summed E-state index contributed by atoms with van der Waals surface area (Å²) in [5.41, 5.74) is 1.82. The molecule has 3 amide bonds. The highest BCUT2D eigenvalue weighted by molar-refractivity contribution is 6.09. The fourth-order valence-corrected chi connectivity index (χ4v) is 3.73. The minimum atomic E-state index is -0.771. The number of rotatable bonds is 3. The van der Waals surface area contributed by atoms with E-state index >= 15 is 0 Å². The van der Waals surface area contributed by atoms with Gasteiger partial charge in [0.15, 0.2) is 6.10 Å². The second-order valence-electron chi connectivity index (χ2n) is 7.42. The molecule has 0 radical (unpaired) electrons. The zero-order valence-electron chi connectivity index (χ0n) is 16.5. The van der Waals surface area contributed by atoms with Crippen LogP contribution in [0.15, 0.2) is 48.5 Å². The number of benzene rings is 2. The van der Waals surface area contributed by atoms with Crippen LogP contribution in [0, 0.1) is 0 Å². The van der Waals surface area contributed by atoms with E-state index in [1.165, 1.54) is 4.90 Å². The van der Waals surface area contributed by atoms with Crippen LogP contribution in [0.1, 0.15) is 23.2 Å². The van der Waals surface area contributed by atoms with Gasteiger partial charge in [0.2, 0.25) is 5.91 Å². The number of nitrogens with zero attached hydrogens (tertiary/aromatic N) is 3. The van der Waals surface area contributed by atoms with Crippen molar-refractivity contribution < 1.29 is 19.1 Å². The molecule has 1 fully saturated rings. The lowest BCUT2D eigenvalue weighted by molar-refractivity contribution is -0.135. The molecule has 7 heteroatoms. The van der Waals surface area contributed by atoms with Gasteiger partial charge in [0.05, 0.1) is 12.2 Å². The van der Waals surface area contributed by atoms with Crippen LogP contribution >= 0.6 is 0 Å². The van der Waals surface area contributed by atoms with E-state index in [0.717, 1.165) is 12.1 Å². The number of hydrogen-bond donors (Lipinski definition) is 0. The molecule has 1 saturated heterocycles. The van der Waals surface area contributed by atoms with Gasteiger partial charge in [-0.15, -0.1) is 0 Å². The highest BCUT2D eigenvalue weighted by Gasteiger charge is 2.35. The molecule has 0 bridgehead atoms. The molecular weight excluding hydrogens is 370 g/mol. The SMILES string of the molecule is CN(C)C(=O)[C@H]1CN(C(=O)c2cccc(N3CCCC3=O)c2)c2ccccc2O1. The van der Waals surface area contributed by atoms with Crippen molar-refractivity contribution in [2.45, 2.75) is 18.9 Å². The van der Waals surface area contributed by atoms with Gasteiger partial charge in [-0.1, -0.05) is 18.2 Å². The Labute approximate surface area is 169 Å². The summed E-state index contributed by atoms with van der Waals surface area (Å²) < 4.78 is 5.85. The fourth-order valence-electron chi connectivity index (χ4n) is 3.73. The maximum Gasteiger partial charge on any atom is 0.265 e. The normalized spacial score (nSPS) is 18.3. The van der Waals surface area contributed by atoms with Crippen LogP contribution in [0.2, 0.25) is 0 Å². The Morgan fingerprint density at radius 1 is 1.10 bits per heavy atom. The topological polar surface area (TPSA) is 70.2 Å². The monoisotopic (exact) mass is 393 g/mol. The first-order valence-electron chi connectivity index (χ1n) is 9.65. The maximum atomic E-state index is 13.4. The zero-order chi connectivity index (χ0) is 20.5. The second-order valence-corrected chi connectivity index (χ2v) is 7.42. The summed E-state index contributed by atoms with van der Waals surface area (Å²) in [6.45, 7) is 0.788. The van der Waals surface area contributed by atoms with Gasteiger partial charge in [0.1, 0.15) is 5.75 Å². The summed E-state index contributed by atoms with van der Waals surface area (Å²) in [5.74, 6) is 0.139. The molecule has 7 nitrogen and oxygen atoms in total. The molecular formula is C22H23N3O4. The van der Waals surface area contributed by atoms with Crippen molar-refractivity contribution in [1.29, 1.82) is 0 Å². The summed E-state index contributed by atoms with van der Waals surface area (Å²) in [6.07, 6.45) is 0.582. The Balaban J connectivity index is 1.67. The third-order valence-corrected chi connectivity index (χ3v) is 5.21. The van der Waals surface area contributed by atoms with E-state index in [1.807, 2.05) is 18.2 Å². The predicted molar refractivity (Wildman–Crippen MR) is 109 cm³/mol. The van der Waals surface area contributed by atoms with Crippen molar-refractivity contribution in [2.24, 2.45) is 0 Å². The molecule has 0 aromatic heterocycles. The van der Waals surface area contributed by atoms with E-state index in [1.54, 1.807) is 54.2 Å². The van der Waals surface area contributed by atoms with E-state index in [9.17, 15) is 14.4 Å². The van der Waals surface area contributed by atoms with Gasteiger partial charge in [-0.05, 0) is 36.8 Å². The van der Waals surface area contributed by atoms with Gasteiger partial charge in [-0.25, -0.2) is 0 Å². The van der Waals surface area contributed by atoms with Crippen molar-refractivity contribution in [3.63, 3.8) is 0 Å². The van der Waals surface area contributed by atoms with Gasteiger partial charge >= 0.3 is 0 Å². The summed E-state index contributed by atoms with van der Waals surface area (Å²) in [4.78, 5) is 42.7. The van der Waals surface area contributed by atoms with Crippen LogP contribution in [0.3, 0.4) is 0 Å². The number of carbonyl (C=O) groups excluding carboxylic acids is 3. The molecule has 0 N–H and O–H groups in total. The number of likely N-dealkylation sites (N-methyl/N-ethyl adjacent to an activating group) is 1. The van der Waals surface area contributed by atoms with Gasteiger partial charge in [-0.2, -0.15) is 0 Å². The molecule has 29 heavy (non-hydrogen) atoms. The molecule has 2 aromatic rings. The van der Waals surface area contributed by atoms with Crippen molar-refractivity contribution in [3.05, 3.63) is 54.1 Å². The fraction of sp³-hybridized carbons (Fsp3) is 0.318. The first-order valence-corrected chi connectivity index (χ1v) is 9.65. The lowest BCUT2D eigenvalue weighted by atomic mass is 10.1. The smallest absolute Gasteiger partial charge is 0.265 e. The molecule has 4 rings (SSSR count). The van der Waals surface area contributed by atoms with Crippen LogP contribution in [0.25, 0.3) is 0 Å². The van der Waals surface area contributed by atoms with Gasteiger partial charge in [-0.3, -0.25) is 14.4 Å². The lowest BCUT2D eigenvalue weighted by Crippen LogP contribution is -2.50. The molecule has 1 atom stereocenters. The van der Waals surface area contributed by atoms with Crippen molar-refractivity contribution in [1.82, 2.24) is 4.90 Å². The standard InChI is InChI=1S/C22H23N3O4/c1-23(2)22(28)19-14-25(17-9-3-4-10-18(17)29-19)21(27)15-7-5-8-16(13-15)24-12-6-11-20(24)26/h3-5,7-10,13,19H,6,11-12,14H2,1-2H3/t19-/m1/s1. The van der Waals surface area contributed by atoms with Crippen LogP contribution in [-0.2, 0) is 9.59 Å². The zero-order valence-corrected chi connectivity index (χ0v) is 16.5. The second kappa shape index (κ2) is 7.58. The van der Waals surface area contributed by atoms with Gasteiger partial charge in [0, 0.05) is 38.3 Å². The third kappa shape index (κ3) is 3.55. The Hall–Kier alpha value is -3.35. The molecule has 2 aliphatic heterocycles. The molecule has 0 aliphatic carbocycles. The number of amides is 3. The Kier molecular flexibility index (Phi) is 4.96. The molecule has 0 saturated carbocycles. The predicted octanol–water partition coefficient (Wildman–Crippen LogP) is 2.31. The summed E-state index contributed by atoms with van der Waals surface area (Å²) in [7, 11) is 3.32. The van der Waals surface area contributed by atoms with E-state index < -0.39 is 6.10 Å². The largest absolute Gasteiger partial charge is 0.476 e. The molecule has 0 spiro atoms. The summed E-state index contributed by atoms with van der Waals surface area (Å²) in [6, 6.07) is 14.3. The van der Waals surface area contributed by atoms with Crippen LogP contribution in [0.4, 0.5) is 11.4 Å². The number of ether oxygens (including phenoxy) is 1. The lowest BCUT2D eigenvalue weighted by Gasteiger charge is -2.35. The summed E-state index contributed by atoms with van der Waals surface area (Å²) in [5, 5.41) is 0. The van der Waals surface area contributed by atoms with Gasteiger partial charge < -0.3 is 19.4 Å². The third-order valence-electron chi connectivity index (χ3n) is 5.21. The quantitative estimate of drug-likeness (QED) is 0.802. The number of carbonyl (C=O) groups is 3. The van der Waals surface area contributed by atoms with E-state index in [2.05, 4.69) is 0 Å². The average molecular weight is 393 g/mol. The van der Waals surface area contributed by atoms with Gasteiger partial charge in [0.25, 0.3) is 11.8 Å². The van der Waals surface area contributed by atoms with E-state index in [0.29, 0.717) is 30.0 Å². The van der Waals surface area contributed by atoms with E-state index in [-0.39, 0.29) is 24.3 Å². The average Bonchev–Trinajstić information content (AvgIpc) is 3.17. The van der Waals surface area contributed by atoms with Crippen molar-refractivity contribution >= 4 is 29.1 Å². The van der Waals surface area contributed by atoms with E-state index in [4.69, 9.17) is 4.74 Å². The Morgan fingerprint density at radius 2 is 1.90 bits per heavy atom. The minimum absolute atomic E-state index is 0.0722. The van der Waals surface area contributed by atoms with Crippen LogP contribution < -0.4 is 14.5 Å². The molecule has 2 heterocycles. The molecule has 2 aliphatic rings. The van der Waals surface area contributed by atoms with Crippen LogP contribution in [0.5, 0.6) is 5.75 Å². The van der Waals surface area contributed by atoms with Crippen molar-refractivity contribution in [3.8, 4) is 5.75 Å². The maximum absolute atomic E-state index is 13.4. The number of hydrogen-bond acceptors (Lipinski definition) is 4. The Morgan fingerprint density at radius 3 is 2.62 bits per heavy atom. The summed E-state index contributed by atoms with van der Waals surface area (Å²) >= 11 is 0. The molecule has 150 valence electrons. The highest BCUT2D eigenvalue weighted by Crippen LogP contribution is 2.35. The molecule has 0 unspecified atom stereocenters. The first kappa shape index (κ1) is 19.0. The highest BCUT2D eigenvalue weighted by atomic mass is 16.5. The van der Waals surface area contributed by atoms with Crippen molar-refractivity contribution in [2.75, 3.05) is 37.0 Å². The molecule has 2 aromatic carbocycles. The Bertz CT molecular complexity index is 972. The van der Waals surface area contributed by atoms with Crippen LogP contribution in [-0.4, -0.2) is 55.9 Å². The first-order chi connectivity index (χ1) is 14.0. The number of fused-ring (bicyclic) bond motifs is 1. The minimum Gasteiger partial charge on any atom is -0.476 e. The number of anilines is 2. The number of para-hydroxylation sites is 2.